The highest BCUT2D eigenvalue weighted by atomic mass is 16.6. The molecule has 16 heteroatoms. The van der Waals surface area contributed by atoms with E-state index in [9.17, 15) is 24.3 Å². The van der Waals surface area contributed by atoms with E-state index >= 15 is 0 Å². The van der Waals surface area contributed by atoms with Gasteiger partial charge in [0.25, 0.3) is 5.91 Å². The van der Waals surface area contributed by atoms with Crippen LogP contribution in [0.1, 0.15) is 42.5 Å². The van der Waals surface area contributed by atoms with Crippen LogP contribution in [-0.2, 0) is 20.7 Å². The minimum atomic E-state index is -0.926. The maximum absolute atomic E-state index is 13.8. The van der Waals surface area contributed by atoms with E-state index in [0.29, 0.717) is 75.3 Å². The third kappa shape index (κ3) is 7.31. The molecule has 1 aromatic carbocycles. The van der Waals surface area contributed by atoms with E-state index in [0.717, 1.165) is 12.8 Å². The molecule has 4 atom stereocenters. The third-order valence-corrected chi connectivity index (χ3v) is 9.02. The van der Waals surface area contributed by atoms with Crippen LogP contribution in [0.5, 0.6) is 0 Å². The van der Waals surface area contributed by atoms with Gasteiger partial charge in [-0.15, -0.1) is 5.10 Å². The number of fused-ring (bicyclic) bond motifs is 1. The molecule has 3 aromatic rings. The number of aromatic nitrogens is 6. The number of anilines is 1. The molecule has 2 saturated heterocycles. The number of carboxylic acids is 1. The van der Waals surface area contributed by atoms with Crippen molar-refractivity contribution >= 4 is 29.7 Å². The van der Waals surface area contributed by atoms with Crippen LogP contribution in [0.3, 0.4) is 0 Å². The minimum Gasteiger partial charge on any atom is -0.481 e. The van der Waals surface area contributed by atoms with Gasteiger partial charge in [0.1, 0.15) is 23.4 Å². The van der Waals surface area contributed by atoms with Crippen LogP contribution in [0.4, 0.5) is 10.6 Å². The molecule has 3 fully saturated rings. The summed E-state index contributed by atoms with van der Waals surface area (Å²) in [7, 11) is 0. The Morgan fingerprint density at radius 3 is 2.43 bits per heavy atom. The first-order valence-corrected chi connectivity index (χ1v) is 16.0. The van der Waals surface area contributed by atoms with Crippen LogP contribution in [0, 0.1) is 17.8 Å². The maximum Gasteiger partial charge on any atom is 0.409 e. The molecule has 1 saturated carbocycles. The number of rotatable bonds is 12. The molecule has 6 rings (SSSR count). The highest BCUT2D eigenvalue weighted by Crippen LogP contribution is 2.52. The lowest BCUT2D eigenvalue weighted by molar-refractivity contribution is -0.139. The Balaban J connectivity index is 1.18. The van der Waals surface area contributed by atoms with E-state index in [1.807, 2.05) is 42.2 Å². The number of carbonyl (C=O) groups excluding carboxylic acids is 3. The van der Waals surface area contributed by atoms with E-state index in [-0.39, 0.29) is 35.8 Å². The monoisotopic (exact) mass is 646 g/mol. The Morgan fingerprint density at radius 2 is 1.77 bits per heavy atom. The van der Waals surface area contributed by atoms with Crippen LogP contribution >= 0.6 is 0 Å². The summed E-state index contributed by atoms with van der Waals surface area (Å²) < 4.78 is 5.32. The Kier molecular flexibility index (Phi) is 9.54. The van der Waals surface area contributed by atoms with Gasteiger partial charge in [-0.05, 0) is 35.1 Å². The lowest BCUT2D eigenvalue weighted by atomic mass is 10.1. The Morgan fingerprint density at radius 1 is 1.04 bits per heavy atom. The molecule has 0 spiro atoms. The number of aliphatic carboxylic acids is 1. The number of aromatic amines is 1. The SMILES string of the molecule is CCCCOC(=O)N1CCN(C(=O)[C@H](CCc2nnn[nH]2)NC(=O)c2cc(N3C[C@@H]4[C@H](C3)[C@@H]4C(=O)O)nc(-c3ccccc3)n2)CC1. The fraction of sp³-hybridized carbons (Fsp3) is 0.516. The van der Waals surface area contributed by atoms with Crippen molar-refractivity contribution in [3.05, 3.63) is 47.9 Å². The summed E-state index contributed by atoms with van der Waals surface area (Å²) >= 11 is 0. The fourth-order valence-corrected chi connectivity index (χ4v) is 6.29. The number of unbranched alkanes of at least 4 members (excludes halogenated alkanes) is 1. The van der Waals surface area contributed by atoms with E-state index in [2.05, 4.69) is 30.9 Å². The van der Waals surface area contributed by atoms with Gasteiger partial charge >= 0.3 is 12.1 Å². The highest BCUT2D eigenvalue weighted by Gasteiger charge is 2.60. The average Bonchev–Trinajstić information content (AvgIpc) is 3.39. The van der Waals surface area contributed by atoms with Crippen molar-refractivity contribution in [2.24, 2.45) is 17.8 Å². The van der Waals surface area contributed by atoms with E-state index < -0.39 is 24.0 Å². The van der Waals surface area contributed by atoms with Crippen molar-refractivity contribution in [3.63, 3.8) is 0 Å². The number of aryl methyl sites for hydroxylation is 1. The predicted molar refractivity (Wildman–Crippen MR) is 166 cm³/mol. The normalized spacial score (nSPS) is 20.8. The van der Waals surface area contributed by atoms with Crippen LogP contribution in [0.25, 0.3) is 11.4 Å². The number of hydrogen-bond donors (Lipinski definition) is 3. The number of piperazine rings is 1. The maximum atomic E-state index is 13.8. The van der Waals surface area contributed by atoms with Gasteiger partial charge in [0.15, 0.2) is 5.82 Å². The largest absolute Gasteiger partial charge is 0.481 e. The number of amides is 3. The molecule has 4 heterocycles. The third-order valence-electron chi connectivity index (χ3n) is 9.02. The van der Waals surface area contributed by atoms with Crippen molar-refractivity contribution in [2.75, 3.05) is 50.8 Å². The summed E-state index contributed by atoms with van der Waals surface area (Å²) in [6.45, 7) is 4.66. The number of hydrogen-bond acceptors (Lipinski definition) is 11. The summed E-state index contributed by atoms with van der Waals surface area (Å²) in [6.07, 6.45) is 1.84. The van der Waals surface area contributed by atoms with Gasteiger partial charge in [-0.25, -0.2) is 19.9 Å². The Bertz CT molecular complexity index is 1570. The van der Waals surface area contributed by atoms with Crippen molar-refractivity contribution < 1.29 is 29.0 Å². The van der Waals surface area contributed by atoms with E-state index in [4.69, 9.17) is 9.72 Å². The fourth-order valence-electron chi connectivity index (χ4n) is 6.29. The van der Waals surface area contributed by atoms with E-state index in [1.54, 1.807) is 15.9 Å². The number of nitrogens with one attached hydrogen (secondary N) is 2. The van der Waals surface area contributed by atoms with Gasteiger partial charge in [0.05, 0.1) is 12.5 Å². The lowest BCUT2D eigenvalue weighted by Crippen LogP contribution is -2.56. The van der Waals surface area contributed by atoms with Gasteiger partial charge in [-0.3, -0.25) is 14.4 Å². The Labute approximate surface area is 270 Å². The van der Waals surface area contributed by atoms with Gasteiger partial charge in [0.2, 0.25) is 5.91 Å². The van der Waals surface area contributed by atoms with Crippen LogP contribution in [0.15, 0.2) is 36.4 Å². The summed E-state index contributed by atoms with van der Waals surface area (Å²) in [4.78, 5) is 66.2. The quantitative estimate of drug-likeness (QED) is 0.238. The van der Waals surface area contributed by atoms with Gasteiger partial charge < -0.3 is 29.9 Å². The Hall–Kier alpha value is -5.15. The number of benzene rings is 1. The second kappa shape index (κ2) is 14.1. The zero-order chi connectivity index (χ0) is 32.9. The summed E-state index contributed by atoms with van der Waals surface area (Å²) in [5, 5.41) is 26.1. The molecule has 3 aliphatic rings. The molecular formula is C31H38N10O6. The highest BCUT2D eigenvalue weighted by molar-refractivity contribution is 5.97. The number of tetrazole rings is 1. The molecule has 248 valence electrons. The summed E-state index contributed by atoms with van der Waals surface area (Å²) in [5.41, 5.74) is 0.802. The molecule has 3 N–H and O–H groups in total. The topological polar surface area (TPSA) is 200 Å². The first-order chi connectivity index (χ1) is 22.8. The molecular weight excluding hydrogens is 608 g/mol. The number of piperidine rings is 1. The standard InChI is InChI=1S/C31H38N10O6/c1-2-3-15-47-31(46)40-13-11-39(12-14-40)29(43)22(9-10-24-35-37-38-36-24)33-28(42)23-16-25(34-27(32-23)19-7-5-4-6-8-19)41-17-20-21(18-41)26(20)30(44)45/h4-8,16,20-22,26H,2-3,9-15,17-18H2,1H3,(H,33,42)(H,44,45)(H,35,36,37,38)/t20-,21+,22-,26-/m0/s1. The second-order valence-corrected chi connectivity index (χ2v) is 12.1. The molecule has 0 unspecified atom stereocenters. The summed E-state index contributed by atoms with van der Waals surface area (Å²) in [5.74, 6) is -0.523. The van der Waals surface area contributed by atoms with Gasteiger partial charge in [0, 0.05) is 57.3 Å². The molecule has 16 nitrogen and oxygen atoms in total. The van der Waals surface area contributed by atoms with Gasteiger partial charge in [-0.1, -0.05) is 43.7 Å². The van der Waals surface area contributed by atoms with Gasteiger partial charge in [-0.2, -0.15) is 0 Å². The summed E-state index contributed by atoms with van der Waals surface area (Å²) in [6, 6.07) is 9.93. The number of carbonyl (C=O) groups is 4. The molecule has 1 aliphatic carbocycles. The molecule has 0 bridgehead atoms. The lowest BCUT2D eigenvalue weighted by Gasteiger charge is -2.36. The van der Waals surface area contributed by atoms with Crippen LogP contribution in [0.2, 0.25) is 0 Å². The number of carboxylic acid groups (broad SMARTS) is 1. The molecule has 2 aromatic heterocycles. The van der Waals surface area contributed by atoms with Crippen LogP contribution in [-0.4, -0.2) is 121 Å². The smallest absolute Gasteiger partial charge is 0.409 e. The average molecular weight is 647 g/mol. The zero-order valence-electron chi connectivity index (χ0n) is 26.1. The van der Waals surface area contributed by atoms with Crippen molar-refractivity contribution in [1.29, 1.82) is 0 Å². The number of ether oxygens (including phenoxy) is 1. The number of H-pyrrole nitrogens is 1. The van der Waals surface area contributed by atoms with E-state index in [1.165, 1.54) is 0 Å². The second-order valence-electron chi connectivity index (χ2n) is 12.1. The van der Waals surface area contributed by atoms with Crippen molar-refractivity contribution in [3.8, 4) is 11.4 Å². The first-order valence-electron chi connectivity index (χ1n) is 16.0. The number of nitrogens with zero attached hydrogens (tertiary/aromatic N) is 8. The van der Waals surface area contributed by atoms with Crippen LogP contribution < -0.4 is 10.2 Å². The van der Waals surface area contributed by atoms with Crippen molar-refractivity contribution in [2.45, 2.75) is 38.6 Å². The predicted octanol–water partition coefficient (Wildman–Crippen LogP) is 1.24. The molecule has 3 amide bonds. The molecule has 0 radical (unpaired) electrons. The zero-order valence-corrected chi connectivity index (χ0v) is 26.1. The van der Waals surface area contributed by atoms with Crippen molar-refractivity contribution in [1.82, 2.24) is 45.7 Å². The minimum absolute atomic E-state index is 0.0474. The molecule has 2 aliphatic heterocycles. The first kappa shape index (κ1) is 31.8. The molecule has 47 heavy (non-hydrogen) atoms.